The Hall–Kier alpha value is -1.76. The first-order chi connectivity index (χ1) is 10.0. The Morgan fingerprint density at radius 2 is 2.29 bits per heavy atom. The lowest BCUT2D eigenvalue weighted by atomic mass is 9.97. The van der Waals surface area contributed by atoms with Crippen LogP contribution in [0.15, 0.2) is 10.9 Å². The monoisotopic (exact) mass is 290 g/mol. The van der Waals surface area contributed by atoms with Gasteiger partial charge in [-0.3, -0.25) is 10.00 Å². The van der Waals surface area contributed by atoms with E-state index in [1.54, 1.807) is 6.33 Å². The first-order valence-electron chi connectivity index (χ1n) is 7.43. The highest BCUT2D eigenvalue weighted by Crippen LogP contribution is 2.25. The van der Waals surface area contributed by atoms with Crippen molar-refractivity contribution in [3.8, 4) is 0 Å². The molecule has 1 aliphatic heterocycles. The molecule has 0 unspecified atom stereocenters. The first kappa shape index (κ1) is 14.2. The summed E-state index contributed by atoms with van der Waals surface area (Å²) in [5, 5.41) is 11.0. The van der Waals surface area contributed by atoms with Gasteiger partial charge in [0.05, 0.1) is 6.54 Å². The second-order valence-electron chi connectivity index (χ2n) is 6.71. The Labute approximate surface area is 124 Å². The smallest absolute Gasteiger partial charge is 0.232 e. The average molecular weight is 290 g/mol. The molecule has 0 saturated carbocycles. The summed E-state index contributed by atoms with van der Waals surface area (Å²) in [6.07, 6.45) is 3.86. The molecule has 3 rings (SSSR count). The van der Waals surface area contributed by atoms with E-state index in [-0.39, 0.29) is 5.41 Å². The summed E-state index contributed by atoms with van der Waals surface area (Å²) in [4.78, 5) is 11.1. The molecule has 1 saturated heterocycles. The third kappa shape index (κ3) is 3.29. The second-order valence-corrected chi connectivity index (χ2v) is 6.71. The third-order valence-electron chi connectivity index (χ3n) is 3.80. The van der Waals surface area contributed by atoms with Crippen LogP contribution in [0.1, 0.15) is 57.1 Å². The van der Waals surface area contributed by atoms with Gasteiger partial charge >= 0.3 is 0 Å². The number of nitrogens with one attached hydrogen (secondary N) is 1. The number of H-pyrrole nitrogens is 1. The molecule has 0 aromatic carbocycles. The molecule has 0 aliphatic carbocycles. The van der Waals surface area contributed by atoms with Crippen LogP contribution in [0.4, 0.5) is 0 Å². The van der Waals surface area contributed by atoms with E-state index in [2.05, 4.69) is 51.0 Å². The molecule has 0 bridgehead atoms. The van der Waals surface area contributed by atoms with Crippen molar-refractivity contribution >= 4 is 0 Å². The Morgan fingerprint density at radius 3 is 2.95 bits per heavy atom. The zero-order valence-electron chi connectivity index (χ0n) is 12.8. The maximum absolute atomic E-state index is 5.35. The lowest BCUT2D eigenvalue weighted by molar-refractivity contribution is 0.190. The van der Waals surface area contributed by atoms with Crippen LogP contribution in [0.25, 0.3) is 0 Å². The number of aromatic nitrogens is 5. The normalized spacial score (nSPS) is 20.8. The predicted molar refractivity (Wildman–Crippen MR) is 76.6 cm³/mol. The number of hydrogen-bond donors (Lipinski definition) is 1. The summed E-state index contributed by atoms with van der Waals surface area (Å²) in [7, 11) is 0. The van der Waals surface area contributed by atoms with Gasteiger partial charge in [0.15, 0.2) is 5.82 Å². The van der Waals surface area contributed by atoms with Crippen LogP contribution < -0.4 is 0 Å². The average Bonchev–Trinajstić information content (AvgIpc) is 3.09. The lowest BCUT2D eigenvalue weighted by Gasteiger charge is -2.30. The maximum Gasteiger partial charge on any atom is 0.232 e. The molecule has 0 amide bonds. The van der Waals surface area contributed by atoms with Gasteiger partial charge in [0, 0.05) is 17.9 Å². The van der Waals surface area contributed by atoms with E-state index in [9.17, 15) is 0 Å². The van der Waals surface area contributed by atoms with Crippen molar-refractivity contribution in [1.82, 2.24) is 30.2 Å². The van der Waals surface area contributed by atoms with Crippen molar-refractivity contribution in [2.75, 3.05) is 13.1 Å². The highest BCUT2D eigenvalue weighted by atomic mass is 16.5. The Balaban J connectivity index is 1.63. The second kappa shape index (κ2) is 5.55. The van der Waals surface area contributed by atoms with E-state index >= 15 is 0 Å². The van der Waals surface area contributed by atoms with Crippen LogP contribution in [0, 0.1) is 0 Å². The Morgan fingerprint density at radius 1 is 1.43 bits per heavy atom. The molecule has 7 nitrogen and oxygen atoms in total. The fourth-order valence-electron chi connectivity index (χ4n) is 2.66. The summed E-state index contributed by atoms with van der Waals surface area (Å²) >= 11 is 0. The highest BCUT2D eigenvalue weighted by Gasteiger charge is 2.26. The maximum atomic E-state index is 5.35. The molecular weight excluding hydrogens is 268 g/mol. The van der Waals surface area contributed by atoms with Gasteiger partial charge in [0.1, 0.15) is 12.2 Å². The Bertz CT molecular complexity index is 571. The molecule has 1 fully saturated rings. The van der Waals surface area contributed by atoms with Crippen molar-refractivity contribution in [3.05, 3.63) is 23.9 Å². The first-order valence-corrected chi connectivity index (χ1v) is 7.43. The topological polar surface area (TPSA) is 83.7 Å². The third-order valence-corrected chi connectivity index (χ3v) is 3.80. The lowest BCUT2D eigenvalue weighted by Crippen LogP contribution is -2.34. The summed E-state index contributed by atoms with van der Waals surface area (Å²) in [5.41, 5.74) is -0.102. The largest absolute Gasteiger partial charge is 0.339 e. The van der Waals surface area contributed by atoms with Gasteiger partial charge in [0.25, 0.3) is 0 Å². The quantitative estimate of drug-likeness (QED) is 0.929. The van der Waals surface area contributed by atoms with Gasteiger partial charge in [-0.25, -0.2) is 4.98 Å². The molecule has 7 heteroatoms. The standard InChI is InChI=1S/C14H22N6O/c1-14(2,3)13-17-11(19-21-13)8-20-6-4-5-10(7-20)12-15-9-16-18-12/h9-10H,4-8H2,1-3H3,(H,15,16,18)/t10-/m1/s1. The molecule has 3 heterocycles. The minimum Gasteiger partial charge on any atom is -0.339 e. The van der Waals surface area contributed by atoms with Gasteiger partial charge in [0.2, 0.25) is 5.89 Å². The molecule has 114 valence electrons. The van der Waals surface area contributed by atoms with Gasteiger partial charge in [-0.2, -0.15) is 10.1 Å². The van der Waals surface area contributed by atoms with Gasteiger partial charge in [-0.05, 0) is 19.4 Å². The van der Waals surface area contributed by atoms with Crippen LogP contribution in [-0.2, 0) is 12.0 Å². The fraction of sp³-hybridized carbons (Fsp3) is 0.714. The minimum atomic E-state index is -0.102. The van der Waals surface area contributed by atoms with Crippen molar-refractivity contribution in [2.24, 2.45) is 0 Å². The van der Waals surface area contributed by atoms with E-state index in [0.717, 1.165) is 44.1 Å². The summed E-state index contributed by atoms with van der Waals surface area (Å²) < 4.78 is 5.35. The summed E-state index contributed by atoms with van der Waals surface area (Å²) in [6.45, 7) is 8.96. The summed E-state index contributed by atoms with van der Waals surface area (Å²) in [5.74, 6) is 2.85. The number of hydrogen-bond acceptors (Lipinski definition) is 6. The zero-order valence-corrected chi connectivity index (χ0v) is 12.8. The van der Waals surface area contributed by atoms with E-state index < -0.39 is 0 Å². The predicted octanol–water partition coefficient (Wildman–Crippen LogP) is 1.86. The molecule has 2 aromatic heterocycles. The molecule has 1 atom stereocenters. The Kier molecular flexibility index (Phi) is 3.75. The van der Waals surface area contributed by atoms with Crippen LogP contribution >= 0.6 is 0 Å². The van der Waals surface area contributed by atoms with Crippen LogP contribution in [0.5, 0.6) is 0 Å². The molecule has 2 aromatic rings. The van der Waals surface area contributed by atoms with E-state index in [1.165, 1.54) is 0 Å². The molecule has 1 N–H and O–H groups in total. The van der Waals surface area contributed by atoms with Crippen LogP contribution in [0.3, 0.4) is 0 Å². The van der Waals surface area contributed by atoms with Crippen LogP contribution in [-0.4, -0.2) is 43.3 Å². The van der Waals surface area contributed by atoms with E-state index in [4.69, 9.17) is 4.52 Å². The molecule has 21 heavy (non-hydrogen) atoms. The number of piperidine rings is 1. The minimum absolute atomic E-state index is 0.102. The molecule has 0 spiro atoms. The number of nitrogens with zero attached hydrogens (tertiary/aromatic N) is 5. The molecular formula is C14H22N6O. The van der Waals surface area contributed by atoms with Crippen molar-refractivity contribution in [3.63, 3.8) is 0 Å². The van der Waals surface area contributed by atoms with Gasteiger partial charge in [-0.1, -0.05) is 25.9 Å². The zero-order chi connectivity index (χ0) is 14.9. The number of rotatable bonds is 3. The van der Waals surface area contributed by atoms with Crippen molar-refractivity contribution in [2.45, 2.75) is 51.5 Å². The SMILES string of the molecule is CC(C)(C)c1nc(CN2CCC[C@@H](c3ncn[nH]3)C2)no1. The van der Waals surface area contributed by atoms with E-state index in [1.807, 2.05) is 0 Å². The van der Waals surface area contributed by atoms with Gasteiger partial charge < -0.3 is 4.52 Å². The molecule has 1 aliphatic rings. The van der Waals surface area contributed by atoms with Crippen LogP contribution in [0.2, 0.25) is 0 Å². The van der Waals surface area contributed by atoms with E-state index in [0.29, 0.717) is 11.8 Å². The number of likely N-dealkylation sites (tertiary alicyclic amines) is 1. The van der Waals surface area contributed by atoms with Gasteiger partial charge in [-0.15, -0.1) is 0 Å². The highest BCUT2D eigenvalue weighted by molar-refractivity contribution is 5.00. The van der Waals surface area contributed by atoms with Crippen molar-refractivity contribution < 1.29 is 4.52 Å². The summed E-state index contributed by atoms with van der Waals surface area (Å²) in [6, 6.07) is 0. The fourth-order valence-corrected chi connectivity index (χ4v) is 2.66. The van der Waals surface area contributed by atoms with Crippen molar-refractivity contribution in [1.29, 1.82) is 0 Å². The molecule has 0 radical (unpaired) electrons. The number of aromatic amines is 1.